The van der Waals surface area contributed by atoms with Gasteiger partial charge < -0.3 is 4.98 Å². The van der Waals surface area contributed by atoms with Crippen molar-refractivity contribution in [3.63, 3.8) is 0 Å². The number of nitrogens with zero attached hydrogens (tertiary/aromatic N) is 4. The molecule has 2 atom stereocenters. The summed E-state index contributed by atoms with van der Waals surface area (Å²) in [5.41, 5.74) is 1.29. The SMILES string of the molecule is C#C[C@@H]1CCCC[C@@H]1n1c(=O)n(Cc2ccc(C(F)(F)F)nc2)c2cnc3[nH]ccc3c21. The highest BCUT2D eigenvalue weighted by Gasteiger charge is 2.32. The number of hydrogen-bond acceptors (Lipinski definition) is 3. The number of aromatic amines is 1. The number of nitrogens with one attached hydrogen (secondary N) is 1. The van der Waals surface area contributed by atoms with E-state index in [1.165, 1.54) is 6.07 Å². The van der Waals surface area contributed by atoms with Gasteiger partial charge in [-0.3, -0.25) is 14.1 Å². The van der Waals surface area contributed by atoms with Crippen molar-refractivity contribution in [2.24, 2.45) is 5.92 Å². The Morgan fingerprint density at radius 2 is 1.97 bits per heavy atom. The van der Waals surface area contributed by atoms with Crippen LogP contribution in [0.25, 0.3) is 22.1 Å². The highest BCUT2D eigenvalue weighted by molar-refractivity contribution is 6.01. The molecule has 1 aliphatic carbocycles. The van der Waals surface area contributed by atoms with Gasteiger partial charge in [-0.1, -0.05) is 18.9 Å². The van der Waals surface area contributed by atoms with Crippen LogP contribution in [0.3, 0.4) is 0 Å². The van der Waals surface area contributed by atoms with Crippen LogP contribution in [0.2, 0.25) is 0 Å². The maximum atomic E-state index is 13.7. The Balaban J connectivity index is 1.68. The van der Waals surface area contributed by atoms with Gasteiger partial charge in [-0.15, -0.1) is 12.3 Å². The Kier molecular flexibility index (Phi) is 4.81. The average Bonchev–Trinajstić information content (AvgIpc) is 3.36. The molecule has 5 rings (SSSR count). The fraction of sp³-hybridized carbons (Fsp3) is 0.348. The molecule has 164 valence electrons. The van der Waals surface area contributed by atoms with Gasteiger partial charge in [0.25, 0.3) is 0 Å². The van der Waals surface area contributed by atoms with Gasteiger partial charge in [0.05, 0.1) is 29.8 Å². The van der Waals surface area contributed by atoms with Crippen LogP contribution in [0.15, 0.2) is 41.6 Å². The van der Waals surface area contributed by atoms with Gasteiger partial charge in [-0.2, -0.15) is 13.2 Å². The van der Waals surface area contributed by atoms with Crippen molar-refractivity contribution in [2.75, 3.05) is 0 Å². The van der Waals surface area contributed by atoms with Gasteiger partial charge in [0, 0.05) is 23.7 Å². The number of terminal acetylenes is 1. The number of fused-ring (bicyclic) bond motifs is 3. The summed E-state index contributed by atoms with van der Waals surface area (Å²) in [6.45, 7) is 0.0819. The maximum absolute atomic E-state index is 13.7. The van der Waals surface area contributed by atoms with Crippen molar-refractivity contribution in [3.8, 4) is 12.3 Å². The zero-order valence-corrected chi connectivity index (χ0v) is 17.1. The summed E-state index contributed by atoms with van der Waals surface area (Å²) in [5, 5.41) is 0.810. The Labute approximate surface area is 181 Å². The van der Waals surface area contributed by atoms with Gasteiger partial charge in [0.1, 0.15) is 11.3 Å². The molecule has 1 aliphatic rings. The maximum Gasteiger partial charge on any atom is 0.433 e. The monoisotopic (exact) mass is 439 g/mol. The van der Waals surface area contributed by atoms with Crippen molar-refractivity contribution in [1.82, 2.24) is 24.1 Å². The van der Waals surface area contributed by atoms with Crippen molar-refractivity contribution >= 4 is 22.1 Å². The van der Waals surface area contributed by atoms with E-state index in [4.69, 9.17) is 6.42 Å². The molecule has 0 amide bonds. The van der Waals surface area contributed by atoms with Gasteiger partial charge in [0.2, 0.25) is 0 Å². The van der Waals surface area contributed by atoms with E-state index in [-0.39, 0.29) is 24.2 Å². The molecule has 1 fully saturated rings. The Morgan fingerprint density at radius 3 is 2.69 bits per heavy atom. The minimum Gasteiger partial charge on any atom is -0.346 e. The van der Waals surface area contributed by atoms with Crippen LogP contribution < -0.4 is 5.69 Å². The largest absolute Gasteiger partial charge is 0.433 e. The lowest BCUT2D eigenvalue weighted by molar-refractivity contribution is -0.141. The van der Waals surface area contributed by atoms with E-state index >= 15 is 0 Å². The summed E-state index contributed by atoms with van der Waals surface area (Å²) in [6, 6.07) is 4.00. The Hall–Kier alpha value is -3.54. The molecule has 1 N–H and O–H groups in total. The standard InChI is InChI=1S/C23H20F3N5O/c1-2-15-5-3-4-6-17(15)31-20-16-9-10-27-21(16)29-12-18(20)30(22(31)32)13-14-7-8-19(28-11-14)23(24,25)26/h1,7-12,15,17H,3-6,13H2,(H,27,29)/t15-,17+/m1/s1. The van der Waals surface area contributed by atoms with Crippen LogP contribution >= 0.6 is 0 Å². The minimum atomic E-state index is -4.51. The molecule has 4 aromatic heterocycles. The van der Waals surface area contributed by atoms with Gasteiger partial charge in [-0.25, -0.2) is 9.78 Å². The molecular weight excluding hydrogens is 419 g/mol. The number of hydrogen-bond donors (Lipinski definition) is 1. The van der Waals surface area contributed by atoms with E-state index < -0.39 is 11.9 Å². The summed E-state index contributed by atoms with van der Waals surface area (Å²) in [7, 11) is 0. The van der Waals surface area contributed by atoms with Crippen molar-refractivity contribution < 1.29 is 13.2 Å². The molecule has 0 radical (unpaired) electrons. The van der Waals surface area contributed by atoms with Crippen LogP contribution in [0, 0.1) is 18.3 Å². The summed E-state index contributed by atoms with van der Waals surface area (Å²) in [6.07, 6.45) is 9.49. The average molecular weight is 439 g/mol. The second-order valence-corrected chi connectivity index (χ2v) is 8.15. The number of alkyl halides is 3. The van der Waals surface area contributed by atoms with Crippen LogP contribution in [0.5, 0.6) is 0 Å². The van der Waals surface area contributed by atoms with Crippen molar-refractivity contribution in [1.29, 1.82) is 0 Å². The fourth-order valence-corrected chi connectivity index (χ4v) is 4.71. The number of rotatable bonds is 3. The van der Waals surface area contributed by atoms with E-state index in [0.29, 0.717) is 16.7 Å². The third-order valence-electron chi connectivity index (χ3n) is 6.24. The molecule has 0 unspecified atom stereocenters. The molecule has 4 heterocycles. The normalized spacial score (nSPS) is 19.4. The molecule has 0 aromatic carbocycles. The lowest BCUT2D eigenvalue weighted by Gasteiger charge is -2.29. The van der Waals surface area contributed by atoms with Gasteiger partial charge in [0.15, 0.2) is 0 Å². The molecule has 32 heavy (non-hydrogen) atoms. The van der Waals surface area contributed by atoms with E-state index in [1.807, 2.05) is 6.07 Å². The minimum absolute atomic E-state index is 0.0598. The highest BCUT2D eigenvalue weighted by atomic mass is 19.4. The summed E-state index contributed by atoms with van der Waals surface area (Å²) >= 11 is 0. The number of halogens is 3. The van der Waals surface area contributed by atoms with Crippen LogP contribution in [0.4, 0.5) is 13.2 Å². The smallest absolute Gasteiger partial charge is 0.346 e. The molecule has 0 saturated heterocycles. The zero-order valence-electron chi connectivity index (χ0n) is 17.1. The lowest BCUT2D eigenvalue weighted by Crippen LogP contribution is -2.32. The first-order chi connectivity index (χ1) is 15.4. The Morgan fingerprint density at radius 1 is 1.16 bits per heavy atom. The summed E-state index contributed by atoms with van der Waals surface area (Å²) < 4.78 is 41.9. The van der Waals surface area contributed by atoms with Gasteiger partial charge >= 0.3 is 11.9 Å². The first kappa shape index (κ1) is 20.4. The predicted molar refractivity (Wildman–Crippen MR) is 114 cm³/mol. The number of imidazole rings is 1. The van der Waals surface area contributed by atoms with E-state index in [9.17, 15) is 18.0 Å². The third kappa shape index (κ3) is 3.27. The van der Waals surface area contributed by atoms with Crippen molar-refractivity contribution in [2.45, 2.75) is 44.4 Å². The zero-order chi connectivity index (χ0) is 22.5. The second-order valence-electron chi connectivity index (χ2n) is 8.15. The first-order valence-corrected chi connectivity index (χ1v) is 10.4. The molecule has 0 bridgehead atoms. The predicted octanol–water partition coefficient (Wildman–Crippen LogP) is 4.51. The number of H-pyrrole nitrogens is 1. The van der Waals surface area contributed by atoms with E-state index in [1.54, 1.807) is 21.5 Å². The fourth-order valence-electron chi connectivity index (χ4n) is 4.71. The highest BCUT2D eigenvalue weighted by Crippen LogP contribution is 2.36. The second kappa shape index (κ2) is 7.55. The summed E-state index contributed by atoms with van der Waals surface area (Å²) in [5.74, 6) is 2.80. The molecule has 0 spiro atoms. The van der Waals surface area contributed by atoms with Crippen LogP contribution in [-0.2, 0) is 12.7 Å². The molecule has 6 nitrogen and oxygen atoms in total. The van der Waals surface area contributed by atoms with E-state index in [2.05, 4.69) is 20.9 Å². The van der Waals surface area contributed by atoms with E-state index in [0.717, 1.165) is 48.8 Å². The summed E-state index contributed by atoms with van der Waals surface area (Å²) in [4.78, 5) is 24.7. The lowest BCUT2D eigenvalue weighted by atomic mass is 9.85. The number of aromatic nitrogens is 5. The van der Waals surface area contributed by atoms with Crippen molar-refractivity contribution in [3.05, 3.63) is 58.5 Å². The third-order valence-corrected chi connectivity index (χ3v) is 6.24. The Bertz CT molecular complexity index is 1390. The number of pyridine rings is 2. The molecule has 0 aliphatic heterocycles. The first-order valence-electron chi connectivity index (χ1n) is 10.4. The molecule has 1 saturated carbocycles. The van der Waals surface area contributed by atoms with Gasteiger partial charge in [-0.05, 0) is 30.5 Å². The molecule has 4 aromatic rings. The quantitative estimate of drug-likeness (QED) is 0.478. The van der Waals surface area contributed by atoms with Crippen LogP contribution in [-0.4, -0.2) is 24.1 Å². The van der Waals surface area contributed by atoms with Crippen LogP contribution in [0.1, 0.15) is 43.0 Å². The topological polar surface area (TPSA) is 68.5 Å². The molecule has 9 heteroatoms. The molecular formula is C23H20F3N5O.